The highest BCUT2D eigenvalue weighted by Gasteiger charge is 2.37. The van der Waals surface area contributed by atoms with Crippen LogP contribution >= 0.6 is 0 Å². The fourth-order valence-electron chi connectivity index (χ4n) is 3.80. The van der Waals surface area contributed by atoms with Crippen LogP contribution in [-0.2, 0) is 0 Å². The third-order valence-electron chi connectivity index (χ3n) is 4.95. The third-order valence-corrected chi connectivity index (χ3v) is 4.95. The lowest BCUT2D eigenvalue weighted by Gasteiger charge is -2.38. The Morgan fingerprint density at radius 3 is 2.56 bits per heavy atom. The summed E-state index contributed by atoms with van der Waals surface area (Å²) in [4.78, 5) is 0. The van der Waals surface area contributed by atoms with Crippen molar-refractivity contribution < 1.29 is 0 Å². The molecule has 2 aliphatic rings. The smallest absolute Gasteiger partial charge is 0.191 e. The molecule has 0 aliphatic heterocycles. The monoisotopic (exact) mass is 249 g/mol. The third kappa shape index (κ3) is 2.41. The topological polar surface area (TPSA) is 66.5 Å². The Labute approximate surface area is 108 Å². The van der Waals surface area contributed by atoms with Crippen molar-refractivity contribution >= 4 is 0 Å². The van der Waals surface area contributed by atoms with Gasteiger partial charge in [-0.15, -0.1) is 10.2 Å². The van der Waals surface area contributed by atoms with Gasteiger partial charge >= 0.3 is 0 Å². The van der Waals surface area contributed by atoms with Gasteiger partial charge in [0.2, 0.25) is 0 Å². The van der Waals surface area contributed by atoms with E-state index in [-0.39, 0.29) is 6.04 Å². The van der Waals surface area contributed by atoms with E-state index in [2.05, 4.69) is 32.9 Å². The van der Waals surface area contributed by atoms with Crippen molar-refractivity contribution in [3.8, 4) is 0 Å². The number of tetrazole rings is 1. The summed E-state index contributed by atoms with van der Waals surface area (Å²) in [5.41, 5.74) is 0.716. The number of H-pyrrole nitrogens is 1. The predicted molar refractivity (Wildman–Crippen MR) is 68.9 cm³/mol. The Bertz CT molecular complexity index is 359. The lowest BCUT2D eigenvalue weighted by atomic mass is 9.71. The molecule has 100 valence electrons. The fourth-order valence-corrected chi connectivity index (χ4v) is 3.80. The maximum atomic E-state index is 4.04. The number of aromatic nitrogens is 4. The molecule has 0 amide bonds. The normalized spacial score (nSPS) is 25.6. The zero-order valence-electron chi connectivity index (χ0n) is 11.2. The van der Waals surface area contributed by atoms with Crippen LogP contribution in [0.2, 0.25) is 0 Å². The molecule has 2 saturated carbocycles. The first kappa shape index (κ1) is 12.1. The Hall–Kier alpha value is -0.970. The van der Waals surface area contributed by atoms with Crippen LogP contribution in [0.25, 0.3) is 0 Å². The summed E-state index contributed by atoms with van der Waals surface area (Å²) < 4.78 is 0. The average molecular weight is 249 g/mol. The zero-order chi connectivity index (χ0) is 12.4. The van der Waals surface area contributed by atoms with E-state index in [9.17, 15) is 0 Å². The van der Waals surface area contributed by atoms with Crippen molar-refractivity contribution in [2.45, 2.75) is 70.4 Å². The molecule has 1 aromatic rings. The first-order valence-corrected chi connectivity index (χ1v) is 7.27. The molecule has 0 radical (unpaired) electrons. The van der Waals surface area contributed by atoms with Crippen LogP contribution in [0, 0.1) is 5.41 Å². The first-order chi connectivity index (χ1) is 8.77. The van der Waals surface area contributed by atoms with Gasteiger partial charge in [0.15, 0.2) is 5.82 Å². The molecule has 3 rings (SSSR count). The molecule has 1 heterocycles. The van der Waals surface area contributed by atoms with Gasteiger partial charge in [0.1, 0.15) is 0 Å². The summed E-state index contributed by atoms with van der Waals surface area (Å²) in [6.07, 6.45) is 11.3. The number of rotatable bonds is 3. The zero-order valence-corrected chi connectivity index (χ0v) is 11.2. The molecule has 5 heteroatoms. The second-order valence-electron chi connectivity index (χ2n) is 6.14. The average Bonchev–Trinajstić information content (AvgIpc) is 3.04. The highest BCUT2D eigenvalue weighted by atomic mass is 15.5. The summed E-state index contributed by atoms with van der Waals surface area (Å²) in [7, 11) is 0. The lowest BCUT2D eigenvalue weighted by Crippen LogP contribution is -2.38. The maximum absolute atomic E-state index is 4.04. The van der Waals surface area contributed by atoms with Gasteiger partial charge in [0.25, 0.3) is 0 Å². The van der Waals surface area contributed by atoms with Crippen LogP contribution in [0.5, 0.6) is 0 Å². The van der Waals surface area contributed by atoms with E-state index in [0.29, 0.717) is 11.5 Å². The maximum Gasteiger partial charge on any atom is 0.191 e. The Kier molecular flexibility index (Phi) is 3.33. The molecule has 1 spiro atoms. The minimum absolute atomic E-state index is 0.200. The number of hydrogen-bond donors (Lipinski definition) is 2. The van der Waals surface area contributed by atoms with Crippen molar-refractivity contribution in [3.63, 3.8) is 0 Å². The molecule has 2 fully saturated rings. The number of nitrogens with one attached hydrogen (secondary N) is 2. The van der Waals surface area contributed by atoms with Gasteiger partial charge in [-0.25, -0.2) is 0 Å². The van der Waals surface area contributed by atoms with Crippen molar-refractivity contribution in [2.24, 2.45) is 5.41 Å². The fraction of sp³-hybridized carbons (Fsp3) is 0.923. The summed E-state index contributed by atoms with van der Waals surface area (Å²) in [5.74, 6) is 0.774. The van der Waals surface area contributed by atoms with Crippen LogP contribution in [0.4, 0.5) is 0 Å². The van der Waals surface area contributed by atoms with Crippen LogP contribution < -0.4 is 5.32 Å². The van der Waals surface area contributed by atoms with Crippen molar-refractivity contribution in [3.05, 3.63) is 5.82 Å². The molecule has 1 aromatic heterocycles. The largest absolute Gasteiger partial charge is 0.305 e. The Morgan fingerprint density at radius 2 is 1.94 bits per heavy atom. The summed E-state index contributed by atoms with van der Waals surface area (Å²) in [6.45, 7) is 2.12. The van der Waals surface area contributed by atoms with Gasteiger partial charge in [0, 0.05) is 6.04 Å². The van der Waals surface area contributed by atoms with E-state index in [1.54, 1.807) is 0 Å². The van der Waals surface area contributed by atoms with Crippen LogP contribution in [0.1, 0.15) is 70.2 Å². The second-order valence-corrected chi connectivity index (χ2v) is 6.14. The quantitative estimate of drug-likeness (QED) is 0.863. The molecule has 1 unspecified atom stereocenters. The minimum atomic E-state index is 0.200. The van der Waals surface area contributed by atoms with E-state index in [0.717, 1.165) is 5.82 Å². The van der Waals surface area contributed by atoms with E-state index in [1.165, 1.54) is 51.4 Å². The molecule has 18 heavy (non-hydrogen) atoms. The molecule has 5 nitrogen and oxygen atoms in total. The molecular weight excluding hydrogens is 226 g/mol. The van der Waals surface area contributed by atoms with Crippen molar-refractivity contribution in [1.82, 2.24) is 25.9 Å². The van der Waals surface area contributed by atoms with E-state index in [4.69, 9.17) is 0 Å². The van der Waals surface area contributed by atoms with Crippen molar-refractivity contribution in [2.75, 3.05) is 0 Å². The second kappa shape index (κ2) is 4.96. The molecule has 1 atom stereocenters. The Morgan fingerprint density at radius 1 is 1.22 bits per heavy atom. The minimum Gasteiger partial charge on any atom is -0.305 e. The van der Waals surface area contributed by atoms with Crippen LogP contribution in [-0.4, -0.2) is 26.7 Å². The SMILES string of the molecule is CC(NC1CCC2(CCCC2)CC1)c1nn[nH]n1. The number of nitrogens with zero attached hydrogens (tertiary/aromatic N) is 3. The summed E-state index contributed by atoms with van der Waals surface area (Å²) >= 11 is 0. The van der Waals surface area contributed by atoms with Gasteiger partial charge in [-0.3, -0.25) is 0 Å². The Balaban J connectivity index is 1.51. The van der Waals surface area contributed by atoms with Gasteiger partial charge in [-0.2, -0.15) is 5.21 Å². The van der Waals surface area contributed by atoms with Crippen LogP contribution in [0.15, 0.2) is 0 Å². The number of hydrogen-bond acceptors (Lipinski definition) is 4. The van der Waals surface area contributed by atoms with Crippen molar-refractivity contribution in [1.29, 1.82) is 0 Å². The van der Waals surface area contributed by atoms with Gasteiger partial charge in [-0.05, 0) is 50.9 Å². The molecule has 0 saturated heterocycles. The molecule has 0 aromatic carbocycles. The predicted octanol–water partition coefficient (Wildman–Crippen LogP) is 2.35. The molecule has 2 aliphatic carbocycles. The van der Waals surface area contributed by atoms with E-state index in [1.807, 2.05) is 0 Å². The lowest BCUT2D eigenvalue weighted by molar-refractivity contribution is 0.163. The summed E-state index contributed by atoms with van der Waals surface area (Å²) in [6, 6.07) is 0.830. The highest BCUT2D eigenvalue weighted by molar-refractivity contribution is 4.94. The van der Waals surface area contributed by atoms with E-state index < -0.39 is 0 Å². The molecular formula is C13H23N5. The van der Waals surface area contributed by atoms with Crippen LogP contribution in [0.3, 0.4) is 0 Å². The standard InChI is InChI=1S/C13H23N5/c1-10(12-15-17-18-16-12)14-11-4-8-13(9-5-11)6-2-3-7-13/h10-11,14H,2-9H2,1H3,(H,15,16,17,18). The van der Waals surface area contributed by atoms with Gasteiger partial charge < -0.3 is 5.32 Å². The molecule has 0 bridgehead atoms. The molecule has 2 N–H and O–H groups in total. The van der Waals surface area contributed by atoms with E-state index >= 15 is 0 Å². The summed E-state index contributed by atoms with van der Waals surface area (Å²) in [5, 5.41) is 17.9. The first-order valence-electron chi connectivity index (χ1n) is 7.27. The van der Waals surface area contributed by atoms with Gasteiger partial charge in [0.05, 0.1) is 6.04 Å². The van der Waals surface area contributed by atoms with Gasteiger partial charge in [-0.1, -0.05) is 18.1 Å². The highest BCUT2D eigenvalue weighted by Crippen LogP contribution is 2.48. The number of aromatic amines is 1.